The van der Waals surface area contributed by atoms with E-state index >= 15 is 0 Å². The molecule has 2 amide bonds. The summed E-state index contributed by atoms with van der Waals surface area (Å²) in [5.74, 6) is -1.73. The molecule has 0 aliphatic carbocycles. The fraction of sp³-hybridized carbons (Fsp3) is 0.333. The van der Waals surface area contributed by atoms with Gasteiger partial charge in [-0.2, -0.15) is 26.3 Å². The summed E-state index contributed by atoms with van der Waals surface area (Å²) in [6, 6.07) is 8.14. The van der Waals surface area contributed by atoms with Crippen LogP contribution < -0.4 is 5.32 Å². The Morgan fingerprint density at radius 3 is 2.06 bits per heavy atom. The first-order valence-electron chi connectivity index (χ1n) is 9.26. The largest absolute Gasteiger partial charge is 0.416 e. The maximum absolute atomic E-state index is 13.0. The van der Waals surface area contributed by atoms with Crippen LogP contribution in [0.15, 0.2) is 42.5 Å². The zero-order valence-electron chi connectivity index (χ0n) is 16.3. The number of hydrogen-bond acceptors (Lipinski definition) is 2. The molecular formula is C21H18F6N2O2. The number of amides is 2. The highest BCUT2D eigenvalue weighted by Gasteiger charge is 2.38. The third kappa shape index (κ3) is 5.56. The summed E-state index contributed by atoms with van der Waals surface area (Å²) in [5, 5.41) is 2.66. The van der Waals surface area contributed by atoms with Gasteiger partial charge in [0.25, 0.3) is 0 Å². The van der Waals surface area contributed by atoms with Gasteiger partial charge in [0, 0.05) is 25.2 Å². The van der Waals surface area contributed by atoms with E-state index in [2.05, 4.69) is 5.32 Å². The monoisotopic (exact) mass is 444 g/mol. The van der Waals surface area contributed by atoms with Gasteiger partial charge in [0.1, 0.15) is 0 Å². The number of alkyl halides is 6. The first-order chi connectivity index (χ1) is 14.3. The molecule has 0 radical (unpaired) electrons. The van der Waals surface area contributed by atoms with E-state index in [9.17, 15) is 35.9 Å². The van der Waals surface area contributed by atoms with Crippen LogP contribution >= 0.6 is 0 Å². The van der Waals surface area contributed by atoms with Crippen LogP contribution in [0.25, 0.3) is 0 Å². The number of nitrogens with one attached hydrogen (secondary N) is 1. The Kier molecular flexibility index (Phi) is 6.02. The van der Waals surface area contributed by atoms with E-state index in [1.165, 1.54) is 0 Å². The zero-order valence-corrected chi connectivity index (χ0v) is 16.3. The zero-order chi connectivity index (χ0) is 23.0. The Hall–Kier alpha value is -3.04. The van der Waals surface area contributed by atoms with E-state index in [1.807, 2.05) is 6.92 Å². The molecule has 1 aliphatic rings. The number of carbonyl (C=O) groups is 2. The molecule has 0 spiro atoms. The van der Waals surface area contributed by atoms with Crippen molar-refractivity contribution in [3.8, 4) is 0 Å². The number of anilines is 1. The van der Waals surface area contributed by atoms with Gasteiger partial charge in [-0.3, -0.25) is 9.59 Å². The van der Waals surface area contributed by atoms with Crippen molar-refractivity contribution in [1.82, 2.24) is 4.90 Å². The third-order valence-electron chi connectivity index (χ3n) is 4.93. The van der Waals surface area contributed by atoms with E-state index in [0.29, 0.717) is 17.8 Å². The van der Waals surface area contributed by atoms with Crippen LogP contribution in [0.5, 0.6) is 0 Å². The van der Waals surface area contributed by atoms with Crippen LogP contribution in [0.2, 0.25) is 0 Å². The summed E-state index contributed by atoms with van der Waals surface area (Å²) in [6.45, 7) is 1.31. The van der Waals surface area contributed by atoms with Crippen LogP contribution in [-0.2, 0) is 28.5 Å². The van der Waals surface area contributed by atoms with Crippen molar-refractivity contribution < 1.29 is 35.9 Å². The van der Waals surface area contributed by atoms with Gasteiger partial charge in [-0.25, -0.2) is 0 Å². The molecule has 10 heteroatoms. The number of aryl methyl sites for hydroxylation is 1. The maximum atomic E-state index is 13.0. The van der Waals surface area contributed by atoms with Gasteiger partial charge >= 0.3 is 12.4 Å². The highest BCUT2D eigenvalue weighted by atomic mass is 19.4. The first-order valence-corrected chi connectivity index (χ1v) is 9.26. The normalized spacial score (nSPS) is 17.2. The summed E-state index contributed by atoms with van der Waals surface area (Å²) in [6.07, 6.45) is -10.1. The second-order valence-electron chi connectivity index (χ2n) is 7.44. The van der Waals surface area contributed by atoms with E-state index in [-0.39, 0.29) is 24.6 Å². The minimum atomic E-state index is -4.97. The van der Waals surface area contributed by atoms with Crippen molar-refractivity contribution >= 4 is 17.5 Å². The minimum absolute atomic E-state index is 0.0348. The van der Waals surface area contributed by atoms with Crippen molar-refractivity contribution in [2.45, 2.75) is 32.2 Å². The van der Waals surface area contributed by atoms with Gasteiger partial charge < -0.3 is 10.2 Å². The second kappa shape index (κ2) is 8.24. The SMILES string of the molecule is Cc1ccc(NC(=O)[C@H]2CC(=O)N(Cc3cc(C(F)(F)F)cc(C(F)(F)F)c3)C2)cc1. The van der Waals surface area contributed by atoms with Gasteiger partial charge in [0.15, 0.2) is 0 Å². The molecule has 0 bridgehead atoms. The Bertz CT molecular complexity index is 951. The molecule has 1 heterocycles. The third-order valence-corrected chi connectivity index (χ3v) is 4.93. The van der Waals surface area contributed by atoms with Crippen molar-refractivity contribution in [3.05, 3.63) is 64.7 Å². The van der Waals surface area contributed by atoms with Crippen LogP contribution in [0, 0.1) is 12.8 Å². The number of carbonyl (C=O) groups excluding carboxylic acids is 2. The lowest BCUT2D eigenvalue weighted by atomic mass is 10.0. The molecule has 1 saturated heterocycles. The molecule has 1 aliphatic heterocycles. The molecule has 31 heavy (non-hydrogen) atoms. The van der Waals surface area contributed by atoms with Crippen molar-refractivity contribution in [1.29, 1.82) is 0 Å². The van der Waals surface area contributed by atoms with Crippen LogP contribution in [-0.4, -0.2) is 23.3 Å². The molecular weight excluding hydrogens is 426 g/mol. The van der Waals surface area contributed by atoms with Crippen LogP contribution in [0.4, 0.5) is 32.0 Å². The van der Waals surface area contributed by atoms with Crippen molar-refractivity contribution in [2.75, 3.05) is 11.9 Å². The summed E-state index contributed by atoms with van der Waals surface area (Å²) >= 11 is 0. The number of rotatable bonds is 4. The fourth-order valence-corrected chi connectivity index (χ4v) is 3.31. The molecule has 0 aromatic heterocycles. The summed E-state index contributed by atoms with van der Waals surface area (Å²) in [4.78, 5) is 25.8. The molecule has 4 nitrogen and oxygen atoms in total. The lowest BCUT2D eigenvalue weighted by Crippen LogP contribution is -2.28. The van der Waals surface area contributed by atoms with E-state index in [1.54, 1.807) is 24.3 Å². The maximum Gasteiger partial charge on any atom is 0.416 e. The van der Waals surface area contributed by atoms with E-state index in [4.69, 9.17) is 0 Å². The molecule has 166 valence electrons. The second-order valence-corrected chi connectivity index (χ2v) is 7.44. The molecule has 0 saturated carbocycles. The highest BCUT2D eigenvalue weighted by molar-refractivity contribution is 5.97. The Morgan fingerprint density at radius 2 is 1.55 bits per heavy atom. The van der Waals surface area contributed by atoms with Crippen LogP contribution in [0.1, 0.15) is 28.7 Å². The Morgan fingerprint density at radius 1 is 1.00 bits per heavy atom. The lowest BCUT2D eigenvalue weighted by Gasteiger charge is -2.19. The molecule has 1 atom stereocenters. The molecule has 2 aromatic carbocycles. The fourth-order valence-electron chi connectivity index (χ4n) is 3.31. The quantitative estimate of drug-likeness (QED) is 0.674. The first kappa shape index (κ1) is 22.6. The average molecular weight is 444 g/mol. The standard InChI is InChI=1S/C21H18F6N2O2/c1-12-2-4-17(5-3-12)28-19(31)14-8-18(30)29(11-14)10-13-6-15(20(22,23)24)9-16(7-13)21(25,26)27/h2-7,9,14H,8,10-11H2,1H3,(H,28,31)/t14-/m0/s1. The van der Waals surface area contributed by atoms with Gasteiger partial charge in [-0.1, -0.05) is 17.7 Å². The topological polar surface area (TPSA) is 49.4 Å². The summed E-state index contributed by atoms with van der Waals surface area (Å²) in [5.41, 5.74) is -1.70. The van der Waals surface area contributed by atoms with Crippen LogP contribution in [0.3, 0.4) is 0 Å². The predicted octanol–water partition coefficient (Wildman–Crippen LogP) is 5.02. The van der Waals surface area contributed by atoms with Crippen molar-refractivity contribution in [3.63, 3.8) is 0 Å². The van der Waals surface area contributed by atoms with E-state index < -0.39 is 47.8 Å². The lowest BCUT2D eigenvalue weighted by molar-refractivity contribution is -0.143. The molecule has 2 aromatic rings. The number of hydrogen-bond donors (Lipinski definition) is 1. The van der Waals surface area contributed by atoms with Gasteiger partial charge in [0.05, 0.1) is 17.0 Å². The highest BCUT2D eigenvalue weighted by Crippen LogP contribution is 2.37. The molecule has 1 N–H and O–H groups in total. The smallest absolute Gasteiger partial charge is 0.338 e. The summed E-state index contributed by atoms with van der Waals surface area (Å²) in [7, 11) is 0. The van der Waals surface area contributed by atoms with Crippen molar-refractivity contribution in [2.24, 2.45) is 5.92 Å². The van der Waals surface area contributed by atoms with E-state index in [0.717, 1.165) is 10.5 Å². The Labute approximate surface area is 173 Å². The minimum Gasteiger partial charge on any atom is -0.338 e. The van der Waals surface area contributed by atoms with Gasteiger partial charge in [-0.15, -0.1) is 0 Å². The molecule has 1 fully saturated rings. The Balaban J connectivity index is 1.75. The number of halogens is 6. The average Bonchev–Trinajstić information content (AvgIpc) is 3.02. The predicted molar refractivity (Wildman–Crippen MR) is 99.8 cm³/mol. The molecule has 3 rings (SSSR count). The molecule has 0 unspecified atom stereocenters. The number of likely N-dealkylation sites (tertiary alicyclic amines) is 1. The van der Waals surface area contributed by atoms with Gasteiger partial charge in [-0.05, 0) is 42.8 Å². The number of benzene rings is 2. The summed E-state index contributed by atoms with van der Waals surface area (Å²) < 4.78 is 78.2. The number of nitrogens with zero attached hydrogens (tertiary/aromatic N) is 1. The van der Waals surface area contributed by atoms with Gasteiger partial charge in [0.2, 0.25) is 11.8 Å².